The molecule has 0 saturated carbocycles. The number of hydrogen-bond donors (Lipinski definition) is 0. The van der Waals surface area contributed by atoms with Gasteiger partial charge >= 0.3 is 12.0 Å². The summed E-state index contributed by atoms with van der Waals surface area (Å²) in [5, 5.41) is 18.1. The van der Waals surface area contributed by atoms with E-state index in [1.54, 1.807) is 40.5 Å². The van der Waals surface area contributed by atoms with Crippen LogP contribution in [0.25, 0.3) is 32.4 Å². The Hall–Kier alpha value is -5.58. The van der Waals surface area contributed by atoms with Crippen molar-refractivity contribution in [1.82, 2.24) is 49.5 Å². The molecule has 0 aliphatic carbocycles. The highest BCUT2D eigenvalue weighted by molar-refractivity contribution is 7.98. The largest absolute Gasteiger partial charge is 0.466 e. The van der Waals surface area contributed by atoms with E-state index in [2.05, 4.69) is 89.6 Å². The SMILES string of the molecule is CSc1ccc(-c2cn3nc(OC(C)C4CCN(c5nc(C)no5)CC4)sc3n2)cc1.Cc1noc(N2CCC(C(C)Oc3nn4cc(-c5ccc(S(C)(=O)=O)cc5)nc4s3)CC2)n1. The summed E-state index contributed by atoms with van der Waals surface area (Å²) in [7, 11) is -3.22. The average molecular weight is 945 g/mol. The van der Waals surface area contributed by atoms with E-state index in [1.165, 1.54) is 33.8 Å². The molecule has 2 saturated heterocycles. The van der Waals surface area contributed by atoms with Crippen LogP contribution < -0.4 is 19.3 Å². The Labute approximate surface area is 381 Å². The second-order valence-electron chi connectivity index (χ2n) is 16.0. The van der Waals surface area contributed by atoms with Crippen LogP contribution >= 0.6 is 34.4 Å². The molecule has 10 rings (SSSR count). The van der Waals surface area contributed by atoms with Gasteiger partial charge in [0.05, 0.1) is 28.7 Å². The molecule has 6 aromatic heterocycles. The number of imidazole rings is 2. The van der Waals surface area contributed by atoms with E-state index in [0.717, 1.165) is 84.3 Å². The van der Waals surface area contributed by atoms with E-state index in [0.29, 0.717) is 45.9 Å². The maximum atomic E-state index is 11.6. The number of nitrogens with zero attached hydrogens (tertiary/aromatic N) is 12. The van der Waals surface area contributed by atoms with Gasteiger partial charge in [-0.15, -0.1) is 22.0 Å². The van der Waals surface area contributed by atoms with Crippen molar-refractivity contribution in [2.75, 3.05) is 48.5 Å². The Morgan fingerprint density at radius 1 is 0.672 bits per heavy atom. The lowest BCUT2D eigenvalue weighted by atomic mass is 9.92. The van der Waals surface area contributed by atoms with Gasteiger partial charge in [0.15, 0.2) is 21.5 Å². The summed E-state index contributed by atoms with van der Waals surface area (Å²) in [6.45, 7) is 11.3. The lowest BCUT2D eigenvalue weighted by Crippen LogP contribution is -2.38. The van der Waals surface area contributed by atoms with Gasteiger partial charge in [0, 0.05) is 48.5 Å². The van der Waals surface area contributed by atoms with E-state index in [9.17, 15) is 8.42 Å². The topological polar surface area (TPSA) is 197 Å². The van der Waals surface area contributed by atoms with Crippen LogP contribution in [0.3, 0.4) is 0 Å². The number of aryl methyl sites for hydroxylation is 2. The van der Waals surface area contributed by atoms with Gasteiger partial charge in [-0.25, -0.2) is 27.4 Å². The molecule has 8 aromatic rings. The van der Waals surface area contributed by atoms with Crippen molar-refractivity contribution in [3.63, 3.8) is 0 Å². The van der Waals surface area contributed by atoms with E-state index in [1.807, 2.05) is 30.8 Å². The first-order chi connectivity index (χ1) is 30.8. The molecule has 2 aromatic carbocycles. The quantitative estimate of drug-likeness (QED) is 0.107. The fourth-order valence-electron chi connectivity index (χ4n) is 7.83. The Morgan fingerprint density at radius 3 is 1.45 bits per heavy atom. The number of hydrogen-bond acceptors (Lipinski definition) is 19. The normalized spacial score (nSPS) is 16.3. The molecule has 8 heterocycles. The number of benzene rings is 2. The van der Waals surface area contributed by atoms with E-state index >= 15 is 0 Å². The summed E-state index contributed by atoms with van der Waals surface area (Å²) in [5.41, 5.74) is 3.58. The first-order valence-corrected chi connectivity index (χ1v) is 25.7. The van der Waals surface area contributed by atoms with Gasteiger partial charge in [0.2, 0.25) is 9.92 Å². The van der Waals surface area contributed by atoms with Crippen LogP contribution in [0.5, 0.6) is 10.4 Å². The van der Waals surface area contributed by atoms with Gasteiger partial charge < -0.3 is 28.3 Å². The lowest BCUT2D eigenvalue weighted by molar-refractivity contribution is 0.130. The van der Waals surface area contributed by atoms with Crippen molar-refractivity contribution in [2.24, 2.45) is 11.8 Å². The Bertz CT molecular complexity index is 2860. The molecule has 2 fully saturated rings. The van der Waals surface area contributed by atoms with E-state index < -0.39 is 9.84 Å². The molecular formula is C42H48N12O6S4. The number of anilines is 2. The predicted octanol–water partition coefficient (Wildman–Crippen LogP) is 7.79. The zero-order chi connectivity index (χ0) is 44.5. The zero-order valence-electron chi connectivity index (χ0n) is 36.2. The van der Waals surface area contributed by atoms with Crippen molar-refractivity contribution < 1.29 is 26.9 Å². The van der Waals surface area contributed by atoms with Crippen LogP contribution in [0.2, 0.25) is 0 Å². The second kappa shape index (κ2) is 18.5. The van der Waals surface area contributed by atoms with Gasteiger partial charge in [-0.05, 0) is 118 Å². The van der Waals surface area contributed by atoms with E-state index in [4.69, 9.17) is 23.5 Å². The summed E-state index contributed by atoms with van der Waals surface area (Å²) >= 11 is 4.61. The summed E-state index contributed by atoms with van der Waals surface area (Å²) in [5.74, 6) is 2.18. The third-order valence-corrected chi connectivity index (χ3v) is 15.1. The number of fused-ring (bicyclic) bond motifs is 2. The molecule has 2 aliphatic heterocycles. The molecule has 336 valence electrons. The number of sulfone groups is 1. The predicted molar refractivity (Wildman–Crippen MR) is 246 cm³/mol. The minimum absolute atomic E-state index is 0.0236. The Balaban J connectivity index is 0.000000162. The maximum Gasteiger partial charge on any atom is 0.324 e. The molecule has 0 N–H and O–H groups in total. The van der Waals surface area contributed by atoms with Crippen LogP contribution in [0, 0.1) is 25.7 Å². The zero-order valence-corrected chi connectivity index (χ0v) is 39.5. The first-order valence-electron chi connectivity index (χ1n) is 21.0. The van der Waals surface area contributed by atoms with Crippen LogP contribution in [0.4, 0.5) is 12.0 Å². The van der Waals surface area contributed by atoms with Crippen LogP contribution in [0.15, 0.2) is 79.8 Å². The molecule has 0 bridgehead atoms. The Morgan fingerprint density at radius 2 is 1.09 bits per heavy atom. The highest BCUT2D eigenvalue weighted by Crippen LogP contribution is 2.33. The van der Waals surface area contributed by atoms with Crippen LogP contribution in [-0.2, 0) is 9.84 Å². The van der Waals surface area contributed by atoms with Gasteiger partial charge in [0.1, 0.15) is 12.2 Å². The smallest absolute Gasteiger partial charge is 0.324 e. The maximum absolute atomic E-state index is 11.6. The number of aromatic nitrogens is 10. The molecule has 64 heavy (non-hydrogen) atoms. The highest BCUT2D eigenvalue weighted by atomic mass is 32.2. The molecule has 2 unspecified atom stereocenters. The summed E-state index contributed by atoms with van der Waals surface area (Å²) in [6, 6.07) is 16.3. The van der Waals surface area contributed by atoms with Crippen molar-refractivity contribution in [2.45, 2.75) is 75.4 Å². The fourth-order valence-corrected chi connectivity index (χ4v) is 10.5. The molecule has 2 atom stereocenters. The molecule has 0 radical (unpaired) electrons. The van der Waals surface area contributed by atoms with E-state index in [-0.39, 0.29) is 17.1 Å². The molecule has 0 spiro atoms. The molecule has 22 heteroatoms. The van der Waals surface area contributed by atoms with Crippen molar-refractivity contribution in [3.8, 4) is 32.9 Å². The number of thioether (sulfide) groups is 1. The third-order valence-electron chi connectivity index (χ3n) is 11.6. The number of rotatable bonds is 12. The van der Waals surface area contributed by atoms with Gasteiger partial charge in [-0.1, -0.05) is 34.6 Å². The second-order valence-corrected chi connectivity index (χ2v) is 20.7. The number of ether oxygens (including phenoxy) is 2. The summed E-state index contributed by atoms with van der Waals surface area (Å²) in [4.78, 5) is 25.3. The van der Waals surface area contributed by atoms with Crippen molar-refractivity contribution >= 4 is 66.2 Å². The molecular weight excluding hydrogens is 897 g/mol. The Kier molecular flexibility index (Phi) is 12.6. The van der Waals surface area contributed by atoms with Crippen molar-refractivity contribution in [3.05, 3.63) is 72.6 Å². The third kappa shape index (κ3) is 9.88. The average Bonchev–Trinajstić information content (AvgIpc) is 4.16. The van der Waals surface area contributed by atoms with Gasteiger partial charge in [-0.3, -0.25) is 0 Å². The first kappa shape index (κ1) is 43.7. The van der Waals surface area contributed by atoms with Gasteiger partial charge in [0.25, 0.3) is 10.4 Å². The molecule has 0 amide bonds. The lowest BCUT2D eigenvalue weighted by Gasteiger charge is -2.33. The number of piperidine rings is 2. The minimum atomic E-state index is -3.22. The van der Waals surface area contributed by atoms with Crippen molar-refractivity contribution in [1.29, 1.82) is 0 Å². The highest BCUT2D eigenvalue weighted by Gasteiger charge is 2.30. The summed E-state index contributed by atoms with van der Waals surface area (Å²) in [6.07, 6.45) is 11.1. The fraction of sp³-hybridized carbons (Fsp3) is 0.429. The molecule has 2 aliphatic rings. The molecule has 18 nitrogen and oxygen atoms in total. The monoisotopic (exact) mass is 944 g/mol. The summed E-state index contributed by atoms with van der Waals surface area (Å²) < 4.78 is 49.7. The van der Waals surface area contributed by atoms with Gasteiger partial charge in [-0.2, -0.15) is 9.97 Å². The standard InChI is InChI=1S/C21H24N6O4S2.C21H24N6O2S2/c1-13(15-8-10-26(11-9-15)19-22-14(2)25-31-19)30-21-24-27-12-18(23-20(27)32-21)16-4-6-17(7-5-16)33(3,28)29;1-13(15-8-10-26(11-9-15)19-22-14(2)25-29-19)28-21-24-27-12-18(23-20(27)31-21)16-4-6-17(30-3)7-5-16/h4-7,12-13,15H,8-11H2,1-3H3;4-7,12-13,15H,8-11H2,1-3H3. The van der Waals surface area contributed by atoms with Crippen LogP contribution in [-0.4, -0.2) is 109 Å². The van der Waals surface area contributed by atoms with Crippen LogP contribution in [0.1, 0.15) is 51.2 Å². The minimum Gasteiger partial charge on any atom is -0.466 e.